The molecule has 1 saturated heterocycles. The summed E-state index contributed by atoms with van der Waals surface area (Å²) in [6.45, 7) is 6.19. The third-order valence-electron chi connectivity index (χ3n) is 5.11. The summed E-state index contributed by atoms with van der Waals surface area (Å²) in [6, 6.07) is 5.89. The molecule has 2 aliphatic rings. The molecule has 1 aliphatic heterocycles. The molecule has 0 aromatic heterocycles. The number of nitrogens with one attached hydrogen (secondary N) is 1. The van der Waals surface area contributed by atoms with Gasteiger partial charge in [0.25, 0.3) is 0 Å². The Kier molecular flexibility index (Phi) is 6.66. The smallest absolute Gasteiger partial charge is 0.128 e. The minimum absolute atomic E-state index is 0. The molecule has 3 rings (SSSR count). The van der Waals surface area contributed by atoms with E-state index >= 15 is 0 Å². The monoisotopic (exact) mass is 326 g/mol. The van der Waals surface area contributed by atoms with Gasteiger partial charge in [-0.25, -0.2) is 4.39 Å². The fourth-order valence-corrected chi connectivity index (χ4v) is 4.05. The maximum Gasteiger partial charge on any atom is 0.128 e. The summed E-state index contributed by atoms with van der Waals surface area (Å²) in [4.78, 5) is 2.52. The summed E-state index contributed by atoms with van der Waals surface area (Å²) < 4.78 is 14.5. The Balaban J connectivity index is 0.00000176. The van der Waals surface area contributed by atoms with Crippen LogP contribution in [0.15, 0.2) is 18.2 Å². The zero-order valence-electron chi connectivity index (χ0n) is 13.5. The predicted octanol–water partition coefficient (Wildman–Crippen LogP) is 4.08. The van der Waals surface area contributed by atoms with E-state index in [2.05, 4.69) is 23.2 Å². The Bertz CT molecular complexity index is 450. The molecule has 2 fully saturated rings. The number of halogens is 2. The first-order chi connectivity index (χ1) is 10.3. The average Bonchev–Trinajstić information content (AvgIpc) is 2.53. The third-order valence-corrected chi connectivity index (χ3v) is 5.11. The Hall–Kier alpha value is -0.640. The summed E-state index contributed by atoms with van der Waals surface area (Å²) in [5.41, 5.74) is 2.10. The van der Waals surface area contributed by atoms with E-state index in [4.69, 9.17) is 0 Å². The van der Waals surface area contributed by atoms with Gasteiger partial charge < -0.3 is 5.32 Å². The lowest BCUT2D eigenvalue weighted by molar-refractivity contribution is 0.101. The highest BCUT2D eigenvalue weighted by Crippen LogP contribution is 2.39. The number of hydrogen-bond acceptors (Lipinski definition) is 2. The molecule has 124 valence electrons. The van der Waals surface area contributed by atoms with Crippen molar-refractivity contribution in [2.45, 2.75) is 45.1 Å². The number of aryl methyl sites for hydroxylation is 1. The van der Waals surface area contributed by atoms with Crippen LogP contribution in [0.5, 0.6) is 0 Å². The van der Waals surface area contributed by atoms with Gasteiger partial charge in [0.15, 0.2) is 0 Å². The van der Waals surface area contributed by atoms with Crippen molar-refractivity contribution < 1.29 is 4.39 Å². The SMILES string of the molecule is Cc1ccc(F)c([C@@H](C2CCCCC2)N2CCNCC2)c1.Cl. The van der Waals surface area contributed by atoms with Gasteiger partial charge in [0, 0.05) is 37.8 Å². The molecule has 2 nitrogen and oxygen atoms in total. The van der Waals surface area contributed by atoms with Gasteiger partial charge in [-0.1, -0.05) is 37.0 Å². The summed E-state index contributed by atoms with van der Waals surface area (Å²) in [7, 11) is 0. The lowest BCUT2D eigenvalue weighted by Crippen LogP contribution is -2.47. The van der Waals surface area contributed by atoms with Crippen molar-refractivity contribution in [3.05, 3.63) is 35.1 Å². The van der Waals surface area contributed by atoms with Crippen molar-refractivity contribution in [2.24, 2.45) is 5.92 Å². The highest BCUT2D eigenvalue weighted by molar-refractivity contribution is 5.85. The molecule has 22 heavy (non-hydrogen) atoms. The van der Waals surface area contributed by atoms with E-state index in [1.165, 1.54) is 37.7 Å². The van der Waals surface area contributed by atoms with E-state index in [-0.39, 0.29) is 24.3 Å². The Morgan fingerprint density at radius 2 is 1.82 bits per heavy atom. The molecule has 0 spiro atoms. The largest absolute Gasteiger partial charge is 0.314 e. The molecule has 1 N–H and O–H groups in total. The van der Waals surface area contributed by atoms with Gasteiger partial charge in [-0.05, 0) is 31.7 Å². The standard InChI is InChI=1S/C18H27FN2.ClH/c1-14-7-8-17(19)16(13-14)18(15-5-3-2-4-6-15)21-11-9-20-10-12-21;/h7-8,13,15,18,20H,2-6,9-12H2,1H3;1H/t18-;/m1./s1. The number of hydrogen-bond donors (Lipinski definition) is 1. The van der Waals surface area contributed by atoms with Gasteiger partial charge >= 0.3 is 0 Å². The number of nitrogens with zero attached hydrogens (tertiary/aromatic N) is 1. The third kappa shape index (κ3) is 4.01. The molecule has 1 atom stereocenters. The zero-order chi connectivity index (χ0) is 14.7. The summed E-state index contributed by atoms with van der Waals surface area (Å²) in [5, 5.41) is 3.41. The molecule has 1 aliphatic carbocycles. The van der Waals surface area contributed by atoms with Gasteiger partial charge in [0.2, 0.25) is 0 Å². The second kappa shape index (κ2) is 8.28. The van der Waals surface area contributed by atoms with Crippen LogP contribution in [0.4, 0.5) is 4.39 Å². The summed E-state index contributed by atoms with van der Waals surface area (Å²) >= 11 is 0. The van der Waals surface area contributed by atoms with Gasteiger partial charge in [-0.2, -0.15) is 0 Å². The maximum atomic E-state index is 14.5. The maximum absolute atomic E-state index is 14.5. The van der Waals surface area contributed by atoms with Crippen LogP contribution in [0.3, 0.4) is 0 Å². The fraction of sp³-hybridized carbons (Fsp3) is 0.667. The highest BCUT2D eigenvalue weighted by Gasteiger charge is 2.32. The van der Waals surface area contributed by atoms with Crippen LogP contribution < -0.4 is 5.32 Å². The van der Waals surface area contributed by atoms with Gasteiger partial charge in [-0.15, -0.1) is 12.4 Å². The van der Waals surface area contributed by atoms with E-state index in [9.17, 15) is 4.39 Å². The summed E-state index contributed by atoms with van der Waals surface area (Å²) in [6.07, 6.45) is 6.46. The van der Waals surface area contributed by atoms with E-state index in [0.29, 0.717) is 5.92 Å². The van der Waals surface area contributed by atoms with E-state index in [0.717, 1.165) is 31.7 Å². The number of rotatable bonds is 3. The molecule has 1 heterocycles. The number of piperazine rings is 1. The first-order valence-electron chi connectivity index (χ1n) is 8.46. The van der Waals surface area contributed by atoms with Crippen molar-refractivity contribution >= 4 is 12.4 Å². The lowest BCUT2D eigenvalue weighted by atomic mass is 9.79. The first-order valence-corrected chi connectivity index (χ1v) is 8.46. The zero-order valence-corrected chi connectivity index (χ0v) is 14.3. The molecular weight excluding hydrogens is 299 g/mol. The summed E-state index contributed by atoms with van der Waals surface area (Å²) in [5.74, 6) is 0.600. The van der Waals surface area contributed by atoms with Crippen LogP contribution in [0.25, 0.3) is 0 Å². The van der Waals surface area contributed by atoms with Crippen LogP contribution in [0.1, 0.15) is 49.3 Å². The molecule has 0 radical (unpaired) electrons. The van der Waals surface area contributed by atoms with Crippen LogP contribution >= 0.6 is 12.4 Å². The van der Waals surface area contributed by atoms with Crippen LogP contribution in [0.2, 0.25) is 0 Å². The van der Waals surface area contributed by atoms with Gasteiger partial charge in [0.05, 0.1) is 0 Å². The normalized spacial score (nSPS) is 22.1. The van der Waals surface area contributed by atoms with E-state index in [1.54, 1.807) is 6.07 Å². The minimum Gasteiger partial charge on any atom is -0.314 e. The Morgan fingerprint density at radius 3 is 2.50 bits per heavy atom. The molecule has 0 unspecified atom stereocenters. The Labute approximate surface area is 139 Å². The molecule has 1 aromatic rings. The van der Waals surface area contributed by atoms with Crippen LogP contribution in [-0.2, 0) is 0 Å². The second-order valence-corrected chi connectivity index (χ2v) is 6.65. The lowest BCUT2D eigenvalue weighted by Gasteiger charge is -2.41. The second-order valence-electron chi connectivity index (χ2n) is 6.65. The average molecular weight is 327 g/mol. The van der Waals surface area contributed by atoms with Crippen molar-refractivity contribution in [3.63, 3.8) is 0 Å². The van der Waals surface area contributed by atoms with Gasteiger partial charge in [-0.3, -0.25) is 4.90 Å². The van der Waals surface area contributed by atoms with Crippen molar-refractivity contribution in [2.75, 3.05) is 26.2 Å². The first kappa shape index (κ1) is 17.7. The van der Waals surface area contributed by atoms with Crippen LogP contribution in [-0.4, -0.2) is 31.1 Å². The Morgan fingerprint density at radius 1 is 1.14 bits per heavy atom. The van der Waals surface area contributed by atoms with E-state index in [1.807, 2.05) is 6.07 Å². The van der Waals surface area contributed by atoms with E-state index < -0.39 is 0 Å². The molecule has 0 bridgehead atoms. The molecule has 1 saturated carbocycles. The van der Waals surface area contributed by atoms with Crippen molar-refractivity contribution in [1.29, 1.82) is 0 Å². The predicted molar refractivity (Wildman–Crippen MR) is 92.1 cm³/mol. The van der Waals surface area contributed by atoms with Gasteiger partial charge in [0.1, 0.15) is 5.82 Å². The fourth-order valence-electron chi connectivity index (χ4n) is 4.05. The molecular formula is C18H28ClFN2. The van der Waals surface area contributed by atoms with Crippen LogP contribution in [0, 0.1) is 18.7 Å². The highest BCUT2D eigenvalue weighted by atomic mass is 35.5. The number of benzene rings is 1. The van der Waals surface area contributed by atoms with Crippen molar-refractivity contribution in [3.8, 4) is 0 Å². The molecule has 0 amide bonds. The molecule has 1 aromatic carbocycles. The molecule has 4 heteroatoms. The quantitative estimate of drug-likeness (QED) is 0.900. The topological polar surface area (TPSA) is 15.3 Å². The van der Waals surface area contributed by atoms with Crippen molar-refractivity contribution in [1.82, 2.24) is 10.2 Å². The minimum atomic E-state index is -0.0188.